The minimum atomic E-state index is -0.820. The van der Waals surface area contributed by atoms with E-state index < -0.39 is 10.8 Å². The quantitative estimate of drug-likeness (QED) is 0.519. The number of ether oxygens (including phenoxy) is 1. The number of rotatable bonds is 2. The van der Waals surface area contributed by atoms with Crippen LogP contribution in [0, 0.1) is 5.92 Å². The van der Waals surface area contributed by atoms with Gasteiger partial charge in [-0.05, 0) is 19.1 Å². The Morgan fingerprint density at radius 3 is 3.00 bits per heavy atom. The molecule has 1 aliphatic rings. The van der Waals surface area contributed by atoms with Crippen molar-refractivity contribution in [2.24, 2.45) is 10.9 Å². The number of alkyl halides is 1. The minimum absolute atomic E-state index is 0.368. The van der Waals surface area contributed by atoms with Crippen LogP contribution in [0.2, 0.25) is 0 Å². The van der Waals surface area contributed by atoms with Crippen molar-refractivity contribution in [1.82, 2.24) is 0 Å². The van der Waals surface area contributed by atoms with E-state index >= 15 is 0 Å². The first-order chi connectivity index (χ1) is 6.51. The number of methoxy groups -OCH3 is 1. The zero-order valence-electron chi connectivity index (χ0n) is 8.16. The maximum absolute atomic E-state index is 11.4. The van der Waals surface area contributed by atoms with Gasteiger partial charge < -0.3 is 4.74 Å². The van der Waals surface area contributed by atoms with Gasteiger partial charge in [0, 0.05) is 6.21 Å². The highest BCUT2D eigenvalue weighted by Gasteiger charge is 2.37. The van der Waals surface area contributed by atoms with Gasteiger partial charge in [0.1, 0.15) is 5.92 Å². The number of carbonyl (C=O) groups excluding carboxylic acids is 1. The molecule has 0 bridgehead atoms. The lowest BCUT2D eigenvalue weighted by Crippen LogP contribution is -2.37. The van der Waals surface area contributed by atoms with E-state index in [-0.39, 0.29) is 5.97 Å². The van der Waals surface area contributed by atoms with Crippen LogP contribution in [0.25, 0.3) is 0 Å². The molecule has 4 heteroatoms. The molecule has 0 radical (unpaired) electrons. The van der Waals surface area contributed by atoms with Crippen LogP contribution < -0.4 is 0 Å². The fourth-order valence-corrected chi connectivity index (χ4v) is 1.40. The Labute approximate surface area is 88.1 Å². The van der Waals surface area contributed by atoms with E-state index in [9.17, 15) is 4.79 Å². The van der Waals surface area contributed by atoms with Gasteiger partial charge in [0.15, 0.2) is 0 Å². The number of allylic oxidation sites excluding steroid dienone is 1. The molecule has 0 aromatic carbocycles. The second-order valence-electron chi connectivity index (χ2n) is 3.21. The second-order valence-corrected chi connectivity index (χ2v) is 4.02. The fourth-order valence-electron chi connectivity index (χ4n) is 1.20. The van der Waals surface area contributed by atoms with Crippen molar-refractivity contribution < 1.29 is 9.53 Å². The summed E-state index contributed by atoms with van der Waals surface area (Å²) >= 11 is 6.10. The topological polar surface area (TPSA) is 38.7 Å². The first-order valence-electron chi connectivity index (χ1n) is 4.17. The molecule has 3 nitrogen and oxygen atoms in total. The first kappa shape index (κ1) is 11.0. The molecule has 0 amide bonds. The maximum Gasteiger partial charge on any atom is 0.314 e. The SMILES string of the molecule is C=CC1=CC(C(=O)OC)C(C)(Cl)C=N1. The van der Waals surface area contributed by atoms with Gasteiger partial charge in [-0.1, -0.05) is 6.58 Å². The van der Waals surface area contributed by atoms with Crippen molar-refractivity contribution in [3.8, 4) is 0 Å². The summed E-state index contributed by atoms with van der Waals surface area (Å²) in [6, 6.07) is 0. The smallest absolute Gasteiger partial charge is 0.314 e. The Morgan fingerprint density at radius 2 is 2.50 bits per heavy atom. The molecule has 14 heavy (non-hydrogen) atoms. The third-order valence-corrected chi connectivity index (χ3v) is 2.41. The lowest BCUT2D eigenvalue weighted by Gasteiger charge is -2.26. The van der Waals surface area contributed by atoms with Crippen LogP contribution in [-0.2, 0) is 9.53 Å². The molecule has 0 aromatic heterocycles. The van der Waals surface area contributed by atoms with Crippen LogP contribution in [0.4, 0.5) is 0 Å². The molecule has 1 aliphatic heterocycles. The molecule has 0 saturated carbocycles. The summed E-state index contributed by atoms with van der Waals surface area (Å²) in [6.45, 7) is 5.29. The average molecular weight is 214 g/mol. The number of esters is 1. The van der Waals surface area contributed by atoms with E-state index in [4.69, 9.17) is 11.6 Å². The van der Waals surface area contributed by atoms with Crippen molar-refractivity contribution in [2.45, 2.75) is 11.8 Å². The van der Waals surface area contributed by atoms with Crippen LogP contribution in [0.3, 0.4) is 0 Å². The van der Waals surface area contributed by atoms with Crippen molar-refractivity contribution >= 4 is 23.8 Å². The highest BCUT2D eigenvalue weighted by atomic mass is 35.5. The predicted octanol–water partition coefficient (Wildman–Crippen LogP) is 1.93. The van der Waals surface area contributed by atoms with Gasteiger partial charge in [-0.15, -0.1) is 11.6 Å². The van der Waals surface area contributed by atoms with Crippen molar-refractivity contribution in [3.05, 3.63) is 24.4 Å². The number of carbonyl (C=O) groups is 1. The molecular formula is C10H12ClNO2. The summed E-state index contributed by atoms with van der Waals surface area (Å²) < 4.78 is 4.65. The molecule has 0 aromatic rings. The zero-order valence-corrected chi connectivity index (χ0v) is 8.91. The van der Waals surface area contributed by atoms with Crippen LogP contribution >= 0.6 is 11.6 Å². The number of hydrogen-bond donors (Lipinski definition) is 0. The highest BCUT2D eigenvalue weighted by Crippen LogP contribution is 2.30. The highest BCUT2D eigenvalue weighted by molar-refractivity contribution is 6.33. The van der Waals surface area contributed by atoms with E-state index in [0.29, 0.717) is 5.70 Å². The Hall–Kier alpha value is -1.09. The van der Waals surface area contributed by atoms with E-state index in [2.05, 4.69) is 16.3 Å². The Bertz CT molecular complexity index is 318. The molecule has 0 spiro atoms. The van der Waals surface area contributed by atoms with Gasteiger partial charge in [-0.25, -0.2) is 0 Å². The summed E-state index contributed by atoms with van der Waals surface area (Å²) in [6.07, 6.45) is 4.76. The van der Waals surface area contributed by atoms with E-state index in [1.807, 2.05) is 0 Å². The molecule has 1 heterocycles. The first-order valence-corrected chi connectivity index (χ1v) is 4.55. The zero-order chi connectivity index (χ0) is 10.8. The van der Waals surface area contributed by atoms with Gasteiger partial charge in [0.05, 0.1) is 17.7 Å². The van der Waals surface area contributed by atoms with Crippen molar-refractivity contribution in [3.63, 3.8) is 0 Å². The summed E-state index contributed by atoms with van der Waals surface area (Å²) in [5, 5.41) is 0. The van der Waals surface area contributed by atoms with E-state index in [0.717, 1.165) is 0 Å². The largest absolute Gasteiger partial charge is 0.469 e. The molecule has 0 saturated heterocycles. The molecule has 0 fully saturated rings. The normalized spacial score (nSPS) is 30.8. The molecule has 0 aliphatic carbocycles. The lowest BCUT2D eigenvalue weighted by molar-refractivity contribution is -0.144. The number of nitrogens with zero attached hydrogens (tertiary/aromatic N) is 1. The molecule has 0 N–H and O–H groups in total. The number of hydrogen-bond acceptors (Lipinski definition) is 3. The van der Waals surface area contributed by atoms with Crippen molar-refractivity contribution in [2.75, 3.05) is 7.11 Å². The van der Waals surface area contributed by atoms with Gasteiger partial charge in [-0.2, -0.15) is 0 Å². The Morgan fingerprint density at radius 1 is 1.86 bits per heavy atom. The minimum Gasteiger partial charge on any atom is -0.469 e. The van der Waals surface area contributed by atoms with Gasteiger partial charge >= 0.3 is 5.97 Å². The summed E-state index contributed by atoms with van der Waals surface area (Å²) in [5.74, 6) is -0.882. The summed E-state index contributed by atoms with van der Waals surface area (Å²) in [5.41, 5.74) is 0.638. The fraction of sp³-hybridized carbons (Fsp3) is 0.400. The third kappa shape index (κ3) is 2.04. The number of halogens is 1. The van der Waals surface area contributed by atoms with E-state index in [1.165, 1.54) is 13.3 Å². The van der Waals surface area contributed by atoms with Crippen LogP contribution in [0.1, 0.15) is 6.92 Å². The lowest BCUT2D eigenvalue weighted by atomic mass is 9.91. The average Bonchev–Trinajstić information content (AvgIpc) is 2.16. The molecule has 76 valence electrons. The maximum atomic E-state index is 11.4. The number of aliphatic imine (C=N–C) groups is 1. The predicted molar refractivity (Wildman–Crippen MR) is 56.5 cm³/mol. The Balaban J connectivity index is 3.00. The van der Waals surface area contributed by atoms with Crippen LogP contribution in [0.5, 0.6) is 0 Å². The molecule has 1 rings (SSSR count). The van der Waals surface area contributed by atoms with Crippen molar-refractivity contribution in [1.29, 1.82) is 0 Å². The summed E-state index contributed by atoms with van der Waals surface area (Å²) in [7, 11) is 1.34. The van der Waals surface area contributed by atoms with Crippen LogP contribution in [0.15, 0.2) is 29.4 Å². The van der Waals surface area contributed by atoms with Crippen LogP contribution in [-0.4, -0.2) is 24.2 Å². The standard InChI is InChI=1S/C10H12ClNO2/c1-4-7-5-8(9(13)14-3)10(2,11)6-12-7/h4-6,8H,1H2,2-3H3. The second kappa shape index (κ2) is 3.96. The molecular weight excluding hydrogens is 202 g/mol. The van der Waals surface area contributed by atoms with Gasteiger partial charge in [0.25, 0.3) is 0 Å². The monoisotopic (exact) mass is 213 g/mol. The molecule has 2 atom stereocenters. The summed E-state index contributed by atoms with van der Waals surface area (Å²) in [4.78, 5) is 14.6. The van der Waals surface area contributed by atoms with Gasteiger partial charge in [-0.3, -0.25) is 9.79 Å². The molecule has 2 unspecified atom stereocenters. The van der Waals surface area contributed by atoms with E-state index in [1.54, 1.807) is 19.1 Å². The van der Waals surface area contributed by atoms with Gasteiger partial charge in [0.2, 0.25) is 0 Å². The third-order valence-electron chi connectivity index (χ3n) is 2.08. The Kier molecular flexibility index (Phi) is 3.11.